The number of aryl methyl sites for hydroxylation is 1. The molecule has 6 rings (SSSR count). The topological polar surface area (TPSA) is 103 Å². The molecule has 2 aromatic carbocycles. The van der Waals surface area contributed by atoms with Crippen molar-refractivity contribution in [3.05, 3.63) is 77.7 Å². The molecule has 224 valence electrons. The van der Waals surface area contributed by atoms with E-state index in [0.717, 1.165) is 49.4 Å². The number of hydrogen-bond donors (Lipinski definition) is 3. The van der Waals surface area contributed by atoms with Crippen LogP contribution in [0.4, 0.5) is 41.9 Å². The lowest BCUT2D eigenvalue weighted by molar-refractivity contribution is -0.137. The zero-order chi connectivity index (χ0) is 30.1. The second-order valence-electron chi connectivity index (χ2n) is 11.0. The third kappa shape index (κ3) is 6.72. The Labute approximate surface area is 246 Å². The van der Waals surface area contributed by atoms with Crippen molar-refractivity contribution in [1.82, 2.24) is 24.6 Å². The first-order valence-electron chi connectivity index (χ1n) is 14.1. The van der Waals surface area contributed by atoms with E-state index in [-0.39, 0.29) is 5.56 Å². The predicted molar refractivity (Wildman–Crippen MR) is 159 cm³/mol. The molecular weight excluding hydrogens is 559 g/mol. The monoisotopic (exact) mass is 591 g/mol. The lowest BCUT2D eigenvalue weighted by atomic mass is 10.1. The van der Waals surface area contributed by atoms with Crippen LogP contribution in [-0.4, -0.2) is 69.8 Å². The number of nitrogens with zero attached hydrogens (tertiary/aromatic N) is 6. The van der Waals surface area contributed by atoms with E-state index in [4.69, 9.17) is 0 Å². The zero-order valence-corrected chi connectivity index (χ0v) is 23.8. The van der Waals surface area contributed by atoms with Crippen LogP contribution >= 0.6 is 0 Å². The number of piperazine rings is 1. The van der Waals surface area contributed by atoms with Gasteiger partial charge in [0.25, 0.3) is 5.91 Å². The molecule has 0 atom stereocenters. The minimum atomic E-state index is -4.58. The molecule has 10 nitrogen and oxygen atoms in total. The van der Waals surface area contributed by atoms with Crippen LogP contribution in [-0.2, 0) is 6.18 Å². The van der Waals surface area contributed by atoms with Crippen LogP contribution in [0, 0.1) is 6.92 Å². The summed E-state index contributed by atoms with van der Waals surface area (Å²) in [6.45, 7) is 4.52. The molecule has 4 aromatic rings. The first-order chi connectivity index (χ1) is 20.6. The Bertz CT molecular complexity index is 1630. The molecule has 1 saturated heterocycles. The molecule has 2 aliphatic rings. The quantitative estimate of drug-likeness (QED) is 0.253. The van der Waals surface area contributed by atoms with Crippen LogP contribution < -0.4 is 20.9 Å². The molecule has 1 aliphatic carbocycles. The van der Waals surface area contributed by atoms with E-state index in [1.807, 2.05) is 31.0 Å². The van der Waals surface area contributed by atoms with Gasteiger partial charge in [0.1, 0.15) is 18.0 Å². The van der Waals surface area contributed by atoms with Crippen molar-refractivity contribution in [2.24, 2.45) is 0 Å². The van der Waals surface area contributed by atoms with Crippen molar-refractivity contribution in [2.45, 2.75) is 32.0 Å². The van der Waals surface area contributed by atoms with Gasteiger partial charge in [0, 0.05) is 67.0 Å². The van der Waals surface area contributed by atoms with Gasteiger partial charge in [-0.15, -0.1) is 0 Å². The second kappa shape index (κ2) is 11.6. The average molecular weight is 592 g/mol. The third-order valence-electron chi connectivity index (χ3n) is 7.58. The van der Waals surface area contributed by atoms with E-state index in [1.165, 1.54) is 12.4 Å². The number of carbonyl (C=O) groups is 1. The molecule has 0 radical (unpaired) electrons. The third-order valence-corrected chi connectivity index (χ3v) is 7.58. The van der Waals surface area contributed by atoms with Gasteiger partial charge in [-0.3, -0.25) is 4.79 Å². The molecule has 0 unspecified atom stereocenters. The summed E-state index contributed by atoms with van der Waals surface area (Å²) < 4.78 is 43.0. The fourth-order valence-electron chi connectivity index (χ4n) is 4.89. The van der Waals surface area contributed by atoms with Gasteiger partial charge in [-0.05, 0) is 62.7 Å². The number of likely N-dealkylation sites (N-methyl/N-ethyl adjacent to an activating group) is 1. The van der Waals surface area contributed by atoms with E-state index in [1.54, 1.807) is 29.1 Å². The SMILES string of the molecule is Cc1ccc(NC(=O)c2cc(N3CCN(C)CC3)cc(C(F)(F)F)c2)cc1Nc1ccnn1-c1cc(NC2CC2)ncn1. The lowest BCUT2D eigenvalue weighted by Crippen LogP contribution is -2.44. The van der Waals surface area contributed by atoms with E-state index in [2.05, 4.69) is 35.9 Å². The average Bonchev–Trinajstić information content (AvgIpc) is 3.68. The number of rotatable bonds is 8. The Kier molecular flexibility index (Phi) is 7.65. The van der Waals surface area contributed by atoms with Gasteiger partial charge in [-0.25, -0.2) is 9.97 Å². The summed E-state index contributed by atoms with van der Waals surface area (Å²) in [5.74, 6) is 1.31. The maximum Gasteiger partial charge on any atom is 0.416 e. The predicted octanol–water partition coefficient (Wildman–Crippen LogP) is 5.31. The Hall–Kier alpha value is -4.65. The van der Waals surface area contributed by atoms with E-state index in [0.29, 0.717) is 47.8 Å². The van der Waals surface area contributed by atoms with Crippen LogP contribution in [0.25, 0.3) is 5.82 Å². The highest BCUT2D eigenvalue weighted by Gasteiger charge is 2.33. The summed E-state index contributed by atoms with van der Waals surface area (Å²) >= 11 is 0. The lowest BCUT2D eigenvalue weighted by Gasteiger charge is -2.34. The molecule has 3 heterocycles. The van der Waals surface area contributed by atoms with Crippen molar-refractivity contribution in [2.75, 3.05) is 54.1 Å². The van der Waals surface area contributed by atoms with Gasteiger partial charge in [0.2, 0.25) is 0 Å². The molecule has 0 bridgehead atoms. The number of aromatic nitrogens is 4. The van der Waals surface area contributed by atoms with Crippen molar-refractivity contribution in [1.29, 1.82) is 0 Å². The number of anilines is 5. The number of alkyl halides is 3. The van der Waals surface area contributed by atoms with Crippen molar-refractivity contribution >= 4 is 34.6 Å². The van der Waals surface area contributed by atoms with E-state index >= 15 is 0 Å². The zero-order valence-electron chi connectivity index (χ0n) is 23.8. The molecule has 1 amide bonds. The fraction of sp³-hybridized carbons (Fsp3) is 0.333. The van der Waals surface area contributed by atoms with Crippen molar-refractivity contribution < 1.29 is 18.0 Å². The Morgan fingerprint density at radius 1 is 0.977 bits per heavy atom. The van der Waals surface area contributed by atoms with Gasteiger partial charge in [-0.2, -0.15) is 23.0 Å². The standard InChI is InChI=1S/C30H32F3N9O/c1-19-3-4-23(16-25(19)39-27-7-8-36-42(27)28-17-26(34-18-35-28)37-22-5-6-22)38-29(43)20-13-21(30(31,32)33)15-24(14-20)41-11-9-40(2)10-12-41/h3-4,7-8,13-18,22,39H,5-6,9-12H2,1-2H3,(H,38,43)(H,34,35,37). The van der Waals surface area contributed by atoms with Gasteiger partial charge in [0.05, 0.1) is 11.8 Å². The molecule has 3 N–H and O–H groups in total. The number of nitrogens with one attached hydrogen (secondary N) is 3. The van der Waals surface area contributed by atoms with Crippen molar-refractivity contribution in [3.8, 4) is 5.82 Å². The normalized spacial score (nSPS) is 15.8. The smallest absolute Gasteiger partial charge is 0.369 e. The molecular formula is C30H32F3N9O. The maximum atomic E-state index is 13.8. The highest BCUT2D eigenvalue weighted by atomic mass is 19.4. The van der Waals surface area contributed by atoms with Crippen LogP contribution in [0.1, 0.15) is 34.3 Å². The van der Waals surface area contributed by atoms with Gasteiger partial charge in [-0.1, -0.05) is 6.07 Å². The highest BCUT2D eigenvalue weighted by molar-refractivity contribution is 6.05. The van der Waals surface area contributed by atoms with Gasteiger partial charge < -0.3 is 25.8 Å². The van der Waals surface area contributed by atoms with E-state index in [9.17, 15) is 18.0 Å². The summed E-state index contributed by atoms with van der Waals surface area (Å²) in [7, 11) is 1.97. The molecule has 1 saturated carbocycles. The minimum absolute atomic E-state index is 0.0590. The Morgan fingerprint density at radius 3 is 2.51 bits per heavy atom. The molecule has 1 aliphatic heterocycles. The van der Waals surface area contributed by atoms with Crippen LogP contribution in [0.5, 0.6) is 0 Å². The number of amides is 1. The minimum Gasteiger partial charge on any atom is -0.369 e. The summed E-state index contributed by atoms with van der Waals surface area (Å²) in [5.41, 5.74) is 1.48. The van der Waals surface area contributed by atoms with Crippen LogP contribution in [0.2, 0.25) is 0 Å². The molecule has 2 aromatic heterocycles. The summed E-state index contributed by atoms with van der Waals surface area (Å²) in [6, 6.07) is 12.9. The fourth-order valence-corrected chi connectivity index (χ4v) is 4.89. The first kappa shape index (κ1) is 28.5. The molecule has 13 heteroatoms. The summed E-state index contributed by atoms with van der Waals surface area (Å²) in [4.78, 5) is 25.9. The highest BCUT2D eigenvalue weighted by Crippen LogP contribution is 2.34. The number of hydrogen-bond acceptors (Lipinski definition) is 8. The van der Waals surface area contributed by atoms with Gasteiger partial charge in [0.15, 0.2) is 5.82 Å². The number of benzene rings is 2. The number of carbonyl (C=O) groups excluding carboxylic acids is 1. The van der Waals surface area contributed by atoms with Crippen molar-refractivity contribution in [3.63, 3.8) is 0 Å². The largest absolute Gasteiger partial charge is 0.416 e. The number of halogens is 3. The van der Waals surface area contributed by atoms with Gasteiger partial charge >= 0.3 is 6.18 Å². The Morgan fingerprint density at radius 2 is 1.77 bits per heavy atom. The van der Waals surface area contributed by atoms with Crippen LogP contribution in [0.15, 0.2) is 61.1 Å². The first-order valence-corrected chi connectivity index (χ1v) is 14.1. The maximum absolute atomic E-state index is 13.8. The molecule has 0 spiro atoms. The summed E-state index contributed by atoms with van der Waals surface area (Å²) in [5, 5.41) is 13.9. The summed E-state index contributed by atoms with van der Waals surface area (Å²) in [6.07, 6.45) is 0.775. The van der Waals surface area contributed by atoms with Crippen LogP contribution in [0.3, 0.4) is 0 Å². The van der Waals surface area contributed by atoms with E-state index < -0.39 is 17.6 Å². The molecule has 2 fully saturated rings. The second-order valence-corrected chi connectivity index (χ2v) is 11.0. The molecule has 43 heavy (non-hydrogen) atoms. The Balaban J connectivity index is 1.22.